The van der Waals surface area contributed by atoms with E-state index in [2.05, 4.69) is 4.98 Å². The highest BCUT2D eigenvalue weighted by molar-refractivity contribution is 6.52. The number of hydrogen-bond donors (Lipinski definition) is 0. The van der Waals surface area contributed by atoms with Crippen LogP contribution in [0.5, 0.6) is 0 Å². The van der Waals surface area contributed by atoms with E-state index < -0.39 is 5.97 Å². The summed E-state index contributed by atoms with van der Waals surface area (Å²) in [6.07, 6.45) is 0. The van der Waals surface area contributed by atoms with Gasteiger partial charge >= 0.3 is 5.97 Å². The Bertz CT molecular complexity index is 938. The number of benzene rings is 2. The van der Waals surface area contributed by atoms with Crippen LogP contribution >= 0.6 is 46.4 Å². The molecule has 0 saturated heterocycles. The highest BCUT2D eigenvalue weighted by Gasteiger charge is 2.21. The van der Waals surface area contributed by atoms with Crippen LogP contribution in [0.25, 0.3) is 10.8 Å². The van der Waals surface area contributed by atoms with Gasteiger partial charge in [0.05, 0.1) is 15.1 Å². The predicted octanol–water partition coefficient (Wildman–Crippen LogP) is 6.21. The van der Waals surface area contributed by atoms with Gasteiger partial charge in [-0.15, -0.1) is 0 Å². The van der Waals surface area contributed by atoms with Crippen molar-refractivity contribution in [1.82, 2.24) is 4.98 Å². The summed E-state index contributed by atoms with van der Waals surface area (Å²) in [4.78, 5) is 16.1. The molecule has 0 atom stereocenters. The fourth-order valence-corrected chi connectivity index (χ4v) is 3.06. The smallest absolute Gasteiger partial charge is 0.358 e. The van der Waals surface area contributed by atoms with Crippen LogP contribution in [-0.2, 0) is 11.3 Å². The average Bonchev–Trinajstić information content (AvgIpc) is 2.60. The molecule has 3 rings (SSSR count). The van der Waals surface area contributed by atoms with Crippen molar-refractivity contribution in [1.29, 1.82) is 0 Å². The standard InChI is InChI=1S/C17H9Cl4NO2/c18-12-13(19)15(22-16(21)14(12)20)17(23)24-8-10-6-3-5-9-4-1-2-7-11(9)10/h1-7H,8H2. The first-order valence-corrected chi connectivity index (χ1v) is 8.34. The molecular weight excluding hydrogens is 392 g/mol. The minimum absolute atomic E-state index is 0.00561. The first-order valence-electron chi connectivity index (χ1n) is 6.82. The molecule has 0 aliphatic heterocycles. The zero-order chi connectivity index (χ0) is 17.3. The Morgan fingerprint density at radius 2 is 1.62 bits per heavy atom. The maximum Gasteiger partial charge on any atom is 0.358 e. The molecule has 0 radical (unpaired) electrons. The SMILES string of the molecule is O=C(OCc1cccc2ccccc12)c1nc(Cl)c(Cl)c(Cl)c1Cl. The van der Waals surface area contributed by atoms with Gasteiger partial charge in [0.2, 0.25) is 0 Å². The number of carbonyl (C=O) groups excluding carboxylic acids is 1. The molecule has 0 aliphatic rings. The molecule has 0 N–H and O–H groups in total. The van der Waals surface area contributed by atoms with Crippen molar-refractivity contribution in [3.8, 4) is 0 Å². The number of aromatic nitrogens is 1. The van der Waals surface area contributed by atoms with Crippen LogP contribution in [0.2, 0.25) is 20.2 Å². The summed E-state index contributed by atoms with van der Waals surface area (Å²) in [5.74, 6) is -0.728. The van der Waals surface area contributed by atoms with Crippen molar-refractivity contribution in [2.75, 3.05) is 0 Å². The summed E-state index contributed by atoms with van der Waals surface area (Å²) in [5, 5.41) is 1.82. The first kappa shape index (κ1) is 17.3. The molecule has 3 nitrogen and oxygen atoms in total. The van der Waals surface area contributed by atoms with Crippen molar-refractivity contribution in [2.45, 2.75) is 6.61 Å². The zero-order valence-electron chi connectivity index (χ0n) is 12.0. The third-order valence-corrected chi connectivity index (χ3v) is 5.09. The molecule has 3 aromatic rings. The largest absolute Gasteiger partial charge is 0.456 e. The monoisotopic (exact) mass is 399 g/mol. The highest BCUT2D eigenvalue weighted by Crippen LogP contribution is 2.36. The topological polar surface area (TPSA) is 39.2 Å². The normalized spacial score (nSPS) is 10.8. The number of hydrogen-bond acceptors (Lipinski definition) is 3. The van der Waals surface area contributed by atoms with E-state index in [-0.39, 0.29) is 32.5 Å². The second kappa shape index (κ2) is 7.16. The molecule has 0 aliphatic carbocycles. The lowest BCUT2D eigenvalue weighted by Crippen LogP contribution is -2.09. The van der Waals surface area contributed by atoms with Crippen molar-refractivity contribution < 1.29 is 9.53 Å². The molecule has 122 valence electrons. The maximum absolute atomic E-state index is 12.3. The van der Waals surface area contributed by atoms with Gasteiger partial charge in [0.1, 0.15) is 11.8 Å². The Balaban J connectivity index is 1.86. The molecule has 0 saturated carbocycles. The van der Waals surface area contributed by atoms with Crippen LogP contribution in [-0.4, -0.2) is 11.0 Å². The third-order valence-electron chi connectivity index (χ3n) is 3.42. The van der Waals surface area contributed by atoms with E-state index in [0.29, 0.717) is 0 Å². The van der Waals surface area contributed by atoms with E-state index in [1.165, 1.54) is 0 Å². The summed E-state index contributed by atoms with van der Waals surface area (Å²) in [6.45, 7) is 0.0655. The average molecular weight is 401 g/mol. The van der Waals surface area contributed by atoms with E-state index in [1.807, 2.05) is 42.5 Å². The van der Waals surface area contributed by atoms with Gasteiger partial charge in [0, 0.05) is 0 Å². The molecule has 1 heterocycles. The molecule has 0 unspecified atom stereocenters. The highest BCUT2D eigenvalue weighted by atomic mass is 35.5. The van der Waals surface area contributed by atoms with Crippen molar-refractivity contribution >= 4 is 63.1 Å². The van der Waals surface area contributed by atoms with E-state index in [9.17, 15) is 4.79 Å². The van der Waals surface area contributed by atoms with Crippen LogP contribution in [0.3, 0.4) is 0 Å². The van der Waals surface area contributed by atoms with Crippen molar-refractivity contribution in [3.63, 3.8) is 0 Å². The number of pyridine rings is 1. The summed E-state index contributed by atoms with van der Waals surface area (Å²) in [7, 11) is 0. The van der Waals surface area contributed by atoms with Gasteiger partial charge in [0.25, 0.3) is 0 Å². The van der Waals surface area contributed by atoms with E-state index >= 15 is 0 Å². The number of fused-ring (bicyclic) bond motifs is 1. The van der Waals surface area contributed by atoms with Gasteiger partial charge in [0.15, 0.2) is 5.69 Å². The first-order chi connectivity index (χ1) is 11.5. The Morgan fingerprint density at radius 1 is 0.917 bits per heavy atom. The Hall–Kier alpha value is -1.52. The second-order valence-electron chi connectivity index (χ2n) is 4.91. The number of halogens is 4. The second-order valence-corrected chi connectivity index (χ2v) is 6.40. The fraction of sp³-hybridized carbons (Fsp3) is 0.0588. The molecule has 0 amide bonds. The summed E-state index contributed by atoms with van der Waals surface area (Å²) >= 11 is 23.6. The van der Waals surface area contributed by atoms with Gasteiger partial charge in [-0.25, -0.2) is 9.78 Å². The minimum atomic E-state index is -0.728. The number of carbonyl (C=O) groups is 1. The lowest BCUT2D eigenvalue weighted by molar-refractivity contribution is 0.0467. The van der Waals surface area contributed by atoms with Crippen molar-refractivity contribution in [2.24, 2.45) is 0 Å². The molecule has 2 aromatic carbocycles. The molecule has 24 heavy (non-hydrogen) atoms. The van der Waals surface area contributed by atoms with E-state index in [4.69, 9.17) is 51.1 Å². The van der Waals surface area contributed by atoms with E-state index in [1.54, 1.807) is 0 Å². The number of esters is 1. The molecule has 0 spiro atoms. The minimum Gasteiger partial charge on any atom is -0.456 e. The summed E-state index contributed by atoms with van der Waals surface area (Å²) in [5.41, 5.74) is 0.694. The van der Waals surface area contributed by atoms with Crippen molar-refractivity contribution in [3.05, 3.63) is 73.9 Å². The molecule has 1 aromatic heterocycles. The summed E-state index contributed by atoms with van der Waals surface area (Å²) in [6, 6.07) is 13.6. The zero-order valence-corrected chi connectivity index (χ0v) is 15.0. The van der Waals surface area contributed by atoms with Crippen LogP contribution in [0.1, 0.15) is 16.1 Å². The maximum atomic E-state index is 12.3. The summed E-state index contributed by atoms with van der Waals surface area (Å²) < 4.78 is 5.31. The lowest BCUT2D eigenvalue weighted by Gasteiger charge is -2.10. The Labute approximate surface area is 158 Å². The van der Waals surface area contributed by atoms with Gasteiger partial charge in [-0.1, -0.05) is 88.9 Å². The van der Waals surface area contributed by atoms with Gasteiger partial charge in [-0.3, -0.25) is 0 Å². The van der Waals surface area contributed by atoms with Crippen LogP contribution in [0.15, 0.2) is 42.5 Å². The van der Waals surface area contributed by atoms with Crippen LogP contribution in [0, 0.1) is 0 Å². The molecule has 7 heteroatoms. The predicted molar refractivity (Wildman–Crippen MR) is 97.3 cm³/mol. The van der Waals surface area contributed by atoms with Crippen LogP contribution < -0.4 is 0 Å². The van der Waals surface area contributed by atoms with E-state index in [0.717, 1.165) is 16.3 Å². The molecule has 0 fully saturated rings. The molecular formula is C17H9Cl4NO2. The number of rotatable bonds is 3. The number of ether oxygens (including phenoxy) is 1. The van der Waals surface area contributed by atoms with Gasteiger partial charge in [-0.05, 0) is 16.3 Å². The van der Waals surface area contributed by atoms with Gasteiger partial charge < -0.3 is 4.74 Å². The lowest BCUT2D eigenvalue weighted by atomic mass is 10.1. The Morgan fingerprint density at radius 3 is 2.42 bits per heavy atom. The molecule has 0 bridgehead atoms. The van der Waals surface area contributed by atoms with Crippen LogP contribution in [0.4, 0.5) is 0 Å². The fourth-order valence-electron chi connectivity index (χ4n) is 2.25. The number of nitrogens with zero attached hydrogens (tertiary/aromatic N) is 1. The van der Waals surface area contributed by atoms with Gasteiger partial charge in [-0.2, -0.15) is 0 Å². The quantitative estimate of drug-likeness (QED) is 0.387. The third kappa shape index (κ3) is 3.31. The Kier molecular flexibility index (Phi) is 5.16.